The van der Waals surface area contributed by atoms with Crippen molar-refractivity contribution in [1.29, 1.82) is 0 Å². The zero-order valence-electron chi connectivity index (χ0n) is 12.2. The minimum atomic E-state index is -0.252. The smallest absolute Gasteiger partial charge is 0.319 e. The van der Waals surface area contributed by atoms with Crippen molar-refractivity contribution >= 4 is 5.97 Å². The van der Waals surface area contributed by atoms with Crippen LogP contribution in [0.3, 0.4) is 0 Å². The molecule has 0 spiro atoms. The van der Waals surface area contributed by atoms with Crippen LogP contribution in [-0.2, 0) is 22.5 Å². The minimum absolute atomic E-state index is 0.186. The van der Waals surface area contributed by atoms with Gasteiger partial charge in [0.2, 0.25) is 0 Å². The van der Waals surface area contributed by atoms with Gasteiger partial charge in [-0.2, -0.15) is 0 Å². The van der Waals surface area contributed by atoms with Crippen molar-refractivity contribution in [2.75, 3.05) is 20.3 Å². The van der Waals surface area contributed by atoms with Crippen LogP contribution in [0.25, 0.3) is 0 Å². The Morgan fingerprint density at radius 3 is 3.00 bits per heavy atom. The molecule has 0 bridgehead atoms. The van der Waals surface area contributed by atoms with E-state index < -0.39 is 0 Å². The van der Waals surface area contributed by atoms with E-state index >= 15 is 0 Å². The van der Waals surface area contributed by atoms with Crippen LogP contribution >= 0.6 is 0 Å². The van der Waals surface area contributed by atoms with E-state index in [0.717, 1.165) is 23.5 Å². The second-order valence-corrected chi connectivity index (χ2v) is 4.81. The lowest BCUT2D eigenvalue weighted by Crippen LogP contribution is -2.24. The van der Waals surface area contributed by atoms with Crippen LogP contribution in [0.1, 0.15) is 25.0 Å². The van der Waals surface area contributed by atoms with E-state index in [1.807, 2.05) is 19.1 Å². The first kappa shape index (κ1) is 14.7. The molecular weight excluding hydrogens is 258 g/mol. The van der Waals surface area contributed by atoms with Gasteiger partial charge in [0.1, 0.15) is 17.6 Å². The quantitative estimate of drug-likeness (QED) is 0.803. The molecule has 5 nitrogen and oxygen atoms in total. The number of hydrogen-bond donors (Lipinski definition) is 1. The fraction of sp³-hybridized carbons (Fsp3) is 0.533. The van der Waals surface area contributed by atoms with Crippen LogP contribution in [0.5, 0.6) is 11.5 Å². The molecule has 1 aliphatic rings. The Labute approximate surface area is 119 Å². The summed E-state index contributed by atoms with van der Waals surface area (Å²) < 4.78 is 16.0. The molecule has 0 fully saturated rings. The normalized spacial score (nSPS) is 16.4. The number of rotatable bonds is 6. The molecule has 2 rings (SSSR count). The van der Waals surface area contributed by atoms with Gasteiger partial charge in [-0.25, -0.2) is 0 Å². The third-order valence-electron chi connectivity index (χ3n) is 3.19. The van der Waals surface area contributed by atoms with Gasteiger partial charge in [-0.1, -0.05) is 0 Å². The molecule has 1 N–H and O–H groups in total. The zero-order chi connectivity index (χ0) is 14.5. The lowest BCUT2D eigenvalue weighted by atomic mass is 10.1. The van der Waals surface area contributed by atoms with Gasteiger partial charge in [-0.3, -0.25) is 4.79 Å². The van der Waals surface area contributed by atoms with E-state index in [-0.39, 0.29) is 18.6 Å². The number of esters is 1. The van der Waals surface area contributed by atoms with E-state index in [9.17, 15) is 4.79 Å². The summed E-state index contributed by atoms with van der Waals surface area (Å²) in [5, 5.41) is 3.05. The highest BCUT2D eigenvalue weighted by atomic mass is 16.5. The van der Waals surface area contributed by atoms with Crippen LogP contribution in [0, 0.1) is 0 Å². The van der Waals surface area contributed by atoms with Gasteiger partial charge in [-0.05, 0) is 26.0 Å². The first-order chi connectivity index (χ1) is 9.63. The molecule has 1 atom stereocenters. The Hall–Kier alpha value is -1.75. The zero-order valence-corrected chi connectivity index (χ0v) is 12.2. The van der Waals surface area contributed by atoms with Crippen LogP contribution < -0.4 is 14.8 Å². The minimum Gasteiger partial charge on any atom is -0.496 e. The maximum absolute atomic E-state index is 11.3. The fourth-order valence-electron chi connectivity index (χ4n) is 2.32. The number of ether oxygens (including phenoxy) is 3. The van der Waals surface area contributed by atoms with Gasteiger partial charge in [-0.15, -0.1) is 0 Å². The molecule has 0 aromatic heterocycles. The maximum Gasteiger partial charge on any atom is 0.319 e. The number of benzene rings is 1. The summed E-state index contributed by atoms with van der Waals surface area (Å²) in [5.41, 5.74) is 2.15. The topological polar surface area (TPSA) is 56.8 Å². The Morgan fingerprint density at radius 2 is 2.30 bits per heavy atom. The summed E-state index contributed by atoms with van der Waals surface area (Å²) in [6, 6.07) is 4.00. The van der Waals surface area contributed by atoms with Gasteiger partial charge in [0, 0.05) is 24.1 Å². The van der Waals surface area contributed by atoms with E-state index in [1.54, 1.807) is 14.0 Å². The standard InChI is InChI=1S/C15H21NO4/c1-4-19-15(17)9-16-8-12-7-14-11(5-10(2)20-14)6-13(12)18-3/h6-7,10,16H,4-5,8-9H2,1-3H3. The monoisotopic (exact) mass is 279 g/mol. The average molecular weight is 279 g/mol. The third kappa shape index (κ3) is 3.42. The molecule has 1 aromatic carbocycles. The maximum atomic E-state index is 11.3. The molecule has 5 heteroatoms. The summed E-state index contributed by atoms with van der Waals surface area (Å²) in [7, 11) is 1.65. The number of methoxy groups -OCH3 is 1. The van der Waals surface area contributed by atoms with E-state index in [4.69, 9.17) is 14.2 Å². The molecule has 0 aliphatic carbocycles. The molecule has 1 unspecified atom stereocenters. The lowest BCUT2D eigenvalue weighted by molar-refractivity contribution is -0.142. The Morgan fingerprint density at radius 1 is 1.50 bits per heavy atom. The molecule has 0 saturated carbocycles. The summed E-state index contributed by atoms with van der Waals surface area (Å²) in [4.78, 5) is 11.3. The second kappa shape index (κ2) is 6.61. The molecule has 110 valence electrons. The molecule has 1 heterocycles. The number of carbonyl (C=O) groups is 1. The molecular formula is C15H21NO4. The molecule has 0 radical (unpaired) electrons. The predicted octanol–water partition coefficient (Wildman–Crippen LogP) is 1.67. The Bertz CT molecular complexity index is 487. The number of hydrogen-bond acceptors (Lipinski definition) is 5. The van der Waals surface area contributed by atoms with E-state index in [2.05, 4.69) is 5.32 Å². The van der Waals surface area contributed by atoms with Gasteiger partial charge in [0.15, 0.2) is 0 Å². The largest absolute Gasteiger partial charge is 0.496 e. The van der Waals surface area contributed by atoms with E-state index in [1.165, 1.54) is 5.56 Å². The third-order valence-corrected chi connectivity index (χ3v) is 3.19. The van der Waals surface area contributed by atoms with Crippen molar-refractivity contribution < 1.29 is 19.0 Å². The first-order valence-corrected chi connectivity index (χ1v) is 6.86. The van der Waals surface area contributed by atoms with Crippen molar-refractivity contribution in [3.8, 4) is 11.5 Å². The summed E-state index contributed by atoms with van der Waals surface area (Å²) in [5.74, 6) is 1.47. The highest BCUT2D eigenvalue weighted by molar-refractivity contribution is 5.71. The molecule has 1 aromatic rings. The van der Waals surface area contributed by atoms with Gasteiger partial charge >= 0.3 is 5.97 Å². The summed E-state index contributed by atoms with van der Waals surface area (Å²) in [6.45, 7) is 4.96. The lowest BCUT2D eigenvalue weighted by Gasteiger charge is -2.11. The predicted molar refractivity (Wildman–Crippen MR) is 75.1 cm³/mol. The van der Waals surface area contributed by atoms with Crippen molar-refractivity contribution in [1.82, 2.24) is 5.32 Å². The molecule has 0 saturated heterocycles. The molecule has 0 amide bonds. The van der Waals surface area contributed by atoms with Crippen molar-refractivity contribution in [2.24, 2.45) is 0 Å². The fourth-order valence-corrected chi connectivity index (χ4v) is 2.32. The highest BCUT2D eigenvalue weighted by Crippen LogP contribution is 2.34. The number of carbonyl (C=O) groups excluding carboxylic acids is 1. The molecule has 20 heavy (non-hydrogen) atoms. The number of nitrogens with one attached hydrogen (secondary N) is 1. The highest BCUT2D eigenvalue weighted by Gasteiger charge is 2.21. The first-order valence-electron chi connectivity index (χ1n) is 6.86. The van der Waals surface area contributed by atoms with Gasteiger partial charge < -0.3 is 19.5 Å². The average Bonchev–Trinajstić information content (AvgIpc) is 2.77. The van der Waals surface area contributed by atoms with Crippen LogP contribution in [0.4, 0.5) is 0 Å². The Balaban J connectivity index is 2.01. The van der Waals surface area contributed by atoms with E-state index in [0.29, 0.717) is 13.2 Å². The van der Waals surface area contributed by atoms with Crippen molar-refractivity contribution in [2.45, 2.75) is 32.9 Å². The second-order valence-electron chi connectivity index (χ2n) is 4.81. The van der Waals surface area contributed by atoms with Crippen LogP contribution in [-0.4, -0.2) is 32.3 Å². The van der Waals surface area contributed by atoms with Crippen molar-refractivity contribution in [3.05, 3.63) is 23.3 Å². The summed E-state index contributed by atoms with van der Waals surface area (Å²) in [6.07, 6.45) is 1.11. The van der Waals surface area contributed by atoms with Crippen LogP contribution in [0.2, 0.25) is 0 Å². The number of fused-ring (bicyclic) bond motifs is 1. The van der Waals surface area contributed by atoms with Gasteiger partial charge in [0.25, 0.3) is 0 Å². The van der Waals surface area contributed by atoms with Gasteiger partial charge in [0.05, 0.1) is 20.3 Å². The molecule has 1 aliphatic heterocycles. The Kier molecular flexibility index (Phi) is 4.84. The van der Waals surface area contributed by atoms with Crippen molar-refractivity contribution in [3.63, 3.8) is 0 Å². The SMILES string of the molecule is CCOC(=O)CNCc1cc2c(cc1OC)CC(C)O2. The van der Waals surface area contributed by atoms with Crippen LogP contribution in [0.15, 0.2) is 12.1 Å². The summed E-state index contributed by atoms with van der Waals surface area (Å²) >= 11 is 0.